The van der Waals surface area contributed by atoms with Crippen LogP contribution in [0.2, 0.25) is 0 Å². The molecule has 0 fully saturated rings. The Kier molecular flexibility index (Phi) is 1.78. The summed E-state index contributed by atoms with van der Waals surface area (Å²) in [4.78, 5) is 2.62. The molecule has 4 nitrogen and oxygen atoms in total. The highest BCUT2D eigenvalue weighted by atomic mass is 15.1. The van der Waals surface area contributed by atoms with E-state index >= 15 is 0 Å². The maximum atomic E-state index is 8.03. The Morgan fingerprint density at radius 3 is 2.90 bits per heavy atom. The molecule has 0 aliphatic carbocycles. The number of nitrogens with zero attached hydrogens (tertiary/aromatic N) is 3. The van der Waals surface area contributed by atoms with Gasteiger partial charge in [-0.25, -0.2) is 0 Å². The fraction of sp³-hybridized carbons (Fsp3) is 0. The van der Waals surface area contributed by atoms with Crippen molar-refractivity contribution in [2.45, 2.75) is 0 Å². The summed E-state index contributed by atoms with van der Waals surface area (Å²) < 4.78 is 0. The van der Waals surface area contributed by atoms with Gasteiger partial charge in [-0.2, -0.15) is 0 Å². The van der Waals surface area contributed by atoms with E-state index in [2.05, 4.69) is 10.0 Å². The number of nitrogens with two attached hydrogens (primary N) is 1. The Morgan fingerprint density at radius 1 is 1.50 bits per heavy atom. The van der Waals surface area contributed by atoms with Gasteiger partial charge in [0.2, 0.25) is 0 Å². The van der Waals surface area contributed by atoms with Gasteiger partial charge in [-0.3, -0.25) is 0 Å². The molecule has 4 heteroatoms. The Hall–Kier alpha value is -1.67. The van der Waals surface area contributed by atoms with E-state index in [-0.39, 0.29) is 0 Å². The molecular weight excluding hydrogens is 128 g/mol. The van der Waals surface area contributed by atoms with Crippen molar-refractivity contribution in [1.29, 1.82) is 0 Å². The summed E-state index contributed by atoms with van der Waals surface area (Å²) in [6, 6.07) is 6.77. The minimum Gasteiger partial charge on any atom is -0.399 e. The molecule has 0 amide bonds. The number of rotatable bonds is 1. The van der Waals surface area contributed by atoms with E-state index in [4.69, 9.17) is 11.3 Å². The third-order valence-electron chi connectivity index (χ3n) is 1.03. The lowest BCUT2D eigenvalue weighted by Crippen LogP contribution is -1.80. The fourth-order valence-electron chi connectivity index (χ4n) is 0.639. The molecule has 0 unspecified atom stereocenters. The summed E-state index contributed by atoms with van der Waals surface area (Å²) in [7, 11) is 0. The van der Waals surface area contributed by atoms with Crippen molar-refractivity contribution in [2.75, 3.05) is 5.73 Å². The van der Waals surface area contributed by atoms with Crippen LogP contribution in [0.5, 0.6) is 0 Å². The van der Waals surface area contributed by atoms with E-state index in [1.807, 2.05) is 0 Å². The second-order valence-corrected chi connectivity index (χ2v) is 1.78. The van der Waals surface area contributed by atoms with E-state index in [0.717, 1.165) is 0 Å². The molecule has 10 heavy (non-hydrogen) atoms. The molecule has 1 aromatic rings. The standard InChI is InChI=1S/C6H6N4/c7-5-2-1-3-6(4-5)9-10-8/h1-4H,7H2. The molecule has 0 spiro atoms. The zero-order valence-corrected chi connectivity index (χ0v) is 5.23. The van der Waals surface area contributed by atoms with Crippen LogP contribution in [0, 0.1) is 0 Å². The van der Waals surface area contributed by atoms with E-state index in [1.54, 1.807) is 24.3 Å². The van der Waals surface area contributed by atoms with Crippen molar-refractivity contribution in [3.05, 3.63) is 34.7 Å². The predicted molar refractivity (Wildman–Crippen MR) is 39.7 cm³/mol. The normalized spacial score (nSPS) is 8.40. The quantitative estimate of drug-likeness (QED) is 0.272. The first-order valence-corrected chi connectivity index (χ1v) is 2.73. The molecule has 0 aliphatic rings. The zero-order chi connectivity index (χ0) is 7.40. The second kappa shape index (κ2) is 2.75. The summed E-state index contributed by atoms with van der Waals surface area (Å²) in [6.07, 6.45) is 0. The molecule has 0 atom stereocenters. The van der Waals surface area contributed by atoms with E-state index in [0.29, 0.717) is 11.4 Å². The van der Waals surface area contributed by atoms with Gasteiger partial charge in [0.15, 0.2) is 0 Å². The number of hydrogen-bond acceptors (Lipinski definition) is 2. The largest absolute Gasteiger partial charge is 0.399 e. The number of benzene rings is 1. The van der Waals surface area contributed by atoms with Crippen molar-refractivity contribution < 1.29 is 0 Å². The van der Waals surface area contributed by atoms with Crippen molar-refractivity contribution in [3.8, 4) is 0 Å². The minimum atomic E-state index is 0.544. The first kappa shape index (κ1) is 6.45. The maximum absolute atomic E-state index is 8.03. The van der Waals surface area contributed by atoms with E-state index in [1.165, 1.54) is 0 Å². The Morgan fingerprint density at radius 2 is 2.30 bits per heavy atom. The summed E-state index contributed by atoms with van der Waals surface area (Å²) >= 11 is 0. The van der Waals surface area contributed by atoms with Gasteiger partial charge in [0.25, 0.3) is 0 Å². The number of anilines is 1. The van der Waals surface area contributed by atoms with Gasteiger partial charge in [0, 0.05) is 16.3 Å². The van der Waals surface area contributed by atoms with Crippen LogP contribution in [-0.2, 0) is 0 Å². The molecule has 0 heterocycles. The summed E-state index contributed by atoms with van der Waals surface area (Å²) in [5.74, 6) is 0. The van der Waals surface area contributed by atoms with Gasteiger partial charge >= 0.3 is 0 Å². The van der Waals surface area contributed by atoms with Crippen LogP contribution < -0.4 is 5.73 Å². The third-order valence-corrected chi connectivity index (χ3v) is 1.03. The molecule has 1 aromatic carbocycles. The van der Waals surface area contributed by atoms with Crippen molar-refractivity contribution in [1.82, 2.24) is 0 Å². The number of azide groups is 1. The van der Waals surface area contributed by atoms with Gasteiger partial charge < -0.3 is 5.73 Å². The highest BCUT2D eigenvalue weighted by Crippen LogP contribution is 2.14. The van der Waals surface area contributed by atoms with Gasteiger partial charge in [0.1, 0.15) is 0 Å². The Bertz CT molecular complexity index is 275. The highest BCUT2D eigenvalue weighted by Gasteiger charge is 1.85. The minimum absolute atomic E-state index is 0.544. The summed E-state index contributed by atoms with van der Waals surface area (Å²) in [5.41, 5.74) is 14.6. The molecule has 2 N–H and O–H groups in total. The van der Waals surface area contributed by atoms with Crippen LogP contribution in [0.3, 0.4) is 0 Å². The van der Waals surface area contributed by atoms with Gasteiger partial charge in [-0.05, 0) is 17.7 Å². The zero-order valence-electron chi connectivity index (χ0n) is 5.23. The smallest absolute Gasteiger partial charge is 0.0395 e. The van der Waals surface area contributed by atoms with Crippen molar-refractivity contribution >= 4 is 11.4 Å². The van der Waals surface area contributed by atoms with E-state index < -0.39 is 0 Å². The monoisotopic (exact) mass is 134 g/mol. The van der Waals surface area contributed by atoms with Crippen LogP contribution in [0.15, 0.2) is 29.4 Å². The van der Waals surface area contributed by atoms with Crippen molar-refractivity contribution in [2.24, 2.45) is 5.11 Å². The lowest BCUT2D eigenvalue weighted by atomic mass is 10.3. The molecule has 50 valence electrons. The first-order valence-electron chi connectivity index (χ1n) is 2.73. The van der Waals surface area contributed by atoms with Crippen LogP contribution >= 0.6 is 0 Å². The fourth-order valence-corrected chi connectivity index (χ4v) is 0.639. The van der Waals surface area contributed by atoms with Crippen LogP contribution in [-0.4, -0.2) is 0 Å². The Balaban J connectivity index is 3.06. The van der Waals surface area contributed by atoms with E-state index in [9.17, 15) is 0 Å². The molecule has 0 bridgehead atoms. The van der Waals surface area contributed by atoms with Crippen LogP contribution in [0.1, 0.15) is 0 Å². The van der Waals surface area contributed by atoms with Crippen LogP contribution in [0.25, 0.3) is 10.4 Å². The highest BCUT2D eigenvalue weighted by molar-refractivity contribution is 5.50. The van der Waals surface area contributed by atoms with Crippen molar-refractivity contribution in [3.63, 3.8) is 0 Å². The SMILES string of the molecule is [N-]=[N+]=Nc1cccc(N)c1. The Labute approximate surface area is 57.9 Å². The lowest BCUT2D eigenvalue weighted by Gasteiger charge is -1.91. The van der Waals surface area contributed by atoms with Crippen LogP contribution in [0.4, 0.5) is 11.4 Å². The predicted octanol–water partition coefficient (Wildman–Crippen LogP) is 2.21. The summed E-state index contributed by atoms with van der Waals surface area (Å²) in [5, 5.41) is 3.37. The molecule has 0 radical (unpaired) electrons. The maximum Gasteiger partial charge on any atom is 0.0395 e. The van der Waals surface area contributed by atoms with Gasteiger partial charge in [-0.15, -0.1) is 0 Å². The van der Waals surface area contributed by atoms with Gasteiger partial charge in [-0.1, -0.05) is 17.2 Å². The molecule has 0 aliphatic heterocycles. The molecule has 1 rings (SSSR count). The molecule has 0 saturated heterocycles. The third kappa shape index (κ3) is 1.40. The molecular formula is C6H6N4. The molecule has 0 aromatic heterocycles. The topological polar surface area (TPSA) is 74.8 Å². The summed E-state index contributed by atoms with van der Waals surface area (Å²) in [6.45, 7) is 0. The number of hydrogen-bond donors (Lipinski definition) is 1. The average Bonchev–Trinajstić information content (AvgIpc) is 1.88. The first-order chi connectivity index (χ1) is 4.83. The lowest BCUT2D eigenvalue weighted by molar-refractivity contribution is 1.48. The molecule has 0 saturated carbocycles. The second-order valence-electron chi connectivity index (χ2n) is 1.78. The number of nitrogen functional groups attached to an aromatic ring is 1. The van der Waals surface area contributed by atoms with Gasteiger partial charge in [0.05, 0.1) is 0 Å². The average molecular weight is 134 g/mol.